The Morgan fingerprint density at radius 2 is 2.00 bits per heavy atom. The molecule has 11 heteroatoms. The lowest BCUT2D eigenvalue weighted by molar-refractivity contribution is -0.122. The van der Waals surface area contributed by atoms with E-state index < -0.39 is 0 Å². The second-order valence-corrected chi connectivity index (χ2v) is 11.1. The van der Waals surface area contributed by atoms with Gasteiger partial charge in [-0.2, -0.15) is 10.4 Å². The van der Waals surface area contributed by atoms with Crippen LogP contribution in [0.4, 0.5) is 10.8 Å². The number of fused-ring (bicyclic) bond motifs is 3. The molecule has 10 nitrogen and oxygen atoms in total. The van der Waals surface area contributed by atoms with Gasteiger partial charge in [-0.05, 0) is 56.4 Å². The molecule has 0 radical (unpaired) electrons. The summed E-state index contributed by atoms with van der Waals surface area (Å²) in [5, 5.41) is 31.0. The fraction of sp³-hybridized carbons (Fsp3) is 0.385. The van der Waals surface area contributed by atoms with Gasteiger partial charge in [-0.3, -0.25) is 9.78 Å². The predicted octanol–water partition coefficient (Wildman–Crippen LogP) is 3.57. The molecule has 2 aliphatic heterocycles. The third-order valence-electron chi connectivity index (χ3n) is 7.06. The molecule has 6 heterocycles. The number of hydrogen-bond donors (Lipinski definition) is 2. The summed E-state index contributed by atoms with van der Waals surface area (Å²) in [5.41, 5.74) is 4.81. The van der Waals surface area contributed by atoms with Crippen molar-refractivity contribution in [2.24, 2.45) is 11.8 Å². The van der Waals surface area contributed by atoms with E-state index in [2.05, 4.69) is 50.7 Å². The van der Waals surface area contributed by atoms with E-state index in [1.807, 2.05) is 30.5 Å². The number of piperidine rings is 2. The van der Waals surface area contributed by atoms with Gasteiger partial charge in [0.15, 0.2) is 5.01 Å². The number of anilines is 2. The van der Waals surface area contributed by atoms with E-state index in [-0.39, 0.29) is 18.0 Å². The first-order chi connectivity index (χ1) is 17.9. The lowest BCUT2D eigenvalue weighted by Crippen LogP contribution is -2.64. The molecule has 3 atom stereocenters. The monoisotopic (exact) mass is 513 g/mol. The molecule has 3 aliphatic rings. The number of rotatable bonds is 6. The van der Waals surface area contributed by atoms with E-state index in [1.54, 1.807) is 29.0 Å². The number of nitriles is 1. The van der Waals surface area contributed by atoms with Crippen molar-refractivity contribution >= 4 is 33.6 Å². The largest absolute Gasteiger partial charge is 0.382 e. The molecule has 1 aliphatic carbocycles. The van der Waals surface area contributed by atoms with Gasteiger partial charge in [0, 0.05) is 44.0 Å². The van der Waals surface area contributed by atoms with Crippen LogP contribution in [0.3, 0.4) is 0 Å². The molecule has 0 aromatic carbocycles. The maximum absolute atomic E-state index is 11.5. The second-order valence-electron chi connectivity index (χ2n) is 10.1. The Bertz CT molecular complexity index is 1520. The summed E-state index contributed by atoms with van der Waals surface area (Å²) < 4.78 is 1.79. The van der Waals surface area contributed by atoms with Gasteiger partial charge in [0.1, 0.15) is 6.07 Å². The molecule has 37 heavy (non-hydrogen) atoms. The number of pyridine rings is 1. The van der Waals surface area contributed by atoms with E-state index in [4.69, 9.17) is 4.98 Å². The summed E-state index contributed by atoms with van der Waals surface area (Å²) in [6.07, 6.45) is 4.56. The van der Waals surface area contributed by atoms with Gasteiger partial charge in [-0.15, -0.1) is 10.2 Å². The van der Waals surface area contributed by atoms with Crippen molar-refractivity contribution in [3.8, 4) is 28.0 Å². The van der Waals surface area contributed by atoms with Crippen molar-refractivity contribution in [1.29, 1.82) is 5.26 Å². The Labute approximate surface area is 218 Å². The number of nitrogens with one attached hydrogen (secondary N) is 2. The van der Waals surface area contributed by atoms with Gasteiger partial charge in [-0.25, -0.2) is 4.52 Å². The molecule has 4 aromatic heterocycles. The van der Waals surface area contributed by atoms with Crippen molar-refractivity contribution in [3.05, 3.63) is 42.2 Å². The van der Waals surface area contributed by atoms with Crippen molar-refractivity contribution in [2.75, 3.05) is 23.3 Å². The number of amides is 1. The third-order valence-corrected chi connectivity index (χ3v) is 8.07. The average Bonchev–Trinajstić information content (AvgIpc) is 3.54. The predicted molar refractivity (Wildman–Crippen MR) is 142 cm³/mol. The Hall–Kier alpha value is -4.04. The van der Waals surface area contributed by atoms with Crippen LogP contribution in [0.25, 0.3) is 27.5 Å². The zero-order chi connectivity index (χ0) is 25.7. The maximum atomic E-state index is 11.5. The second kappa shape index (κ2) is 9.12. The number of carbonyl (C=O) groups is 1. The highest BCUT2D eigenvalue weighted by Gasteiger charge is 2.47. The number of aromatic nitrogens is 5. The zero-order valence-corrected chi connectivity index (χ0v) is 21.7. The molecule has 0 unspecified atom stereocenters. The van der Waals surface area contributed by atoms with E-state index in [0.717, 1.165) is 57.8 Å². The van der Waals surface area contributed by atoms with Crippen LogP contribution in [0.2, 0.25) is 0 Å². The smallest absolute Gasteiger partial charge is 0.217 e. The van der Waals surface area contributed by atoms with Crippen LogP contribution < -0.4 is 15.5 Å². The highest BCUT2D eigenvalue weighted by Crippen LogP contribution is 2.43. The van der Waals surface area contributed by atoms with Gasteiger partial charge in [-0.1, -0.05) is 11.3 Å². The third kappa shape index (κ3) is 4.27. The Balaban J connectivity index is 1.28. The summed E-state index contributed by atoms with van der Waals surface area (Å²) in [5.74, 6) is 0.969. The molecule has 4 aromatic rings. The molecule has 3 fully saturated rings. The summed E-state index contributed by atoms with van der Waals surface area (Å²) in [6, 6.07) is 10.4. The van der Waals surface area contributed by atoms with E-state index in [0.29, 0.717) is 17.4 Å². The van der Waals surface area contributed by atoms with Crippen LogP contribution in [-0.4, -0.2) is 55.9 Å². The first-order valence-corrected chi connectivity index (χ1v) is 13.2. The van der Waals surface area contributed by atoms with Crippen molar-refractivity contribution < 1.29 is 4.79 Å². The molecule has 0 spiro atoms. The average molecular weight is 514 g/mol. The van der Waals surface area contributed by atoms with Crippen LogP contribution in [0.1, 0.15) is 32.8 Å². The van der Waals surface area contributed by atoms with Gasteiger partial charge in [0.25, 0.3) is 0 Å². The van der Waals surface area contributed by atoms with Crippen LogP contribution in [0.5, 0.6) is 0 Å². The highest BCUT2D eigenvalue weighted by molar-refractivity contribution is 7.18. The quantitative estimate of drug-likeness (QED) is 0.401. The lowest BCUT2D eigenvalue weighted by Gasteiger charge is -2.53. The minimum Gasteiger partial charge on any atom is -0.382 e. The molecule has 2 saturated heterocycles. The van der Waals surface area contributed by atoms with Gasteiger partial charge in [0.05, 0.1) is 34.2 Å². The molecule has 2 N–H and O–H groups in total. The summed E-state index contributed by atoms with van der Waals surface area (Å²) in [6.45, 7) is 7.54. The van der Waals surface area contributed by atoms with Crippen LogP contribution in [0.15, 0.2) is 36.7 Å². The molecule has 2 bridgehead atoms. The Kier molecular flexibility index (Phi) is 5.76. The molecule has 7 rings (SSSR count). The molecule has 1 saturated carbocycles. The Morgan fingerprint density at radius 3 is 2.73 bits per heavy atom. The standard InChI is InChI=1S/C26H27N9OS/c1-14(2)30-21-8-22(23-5-4-19-6-16(9-27)10-29-35(19)23)28-11-20(21)25-32-33-26(37-25)34-12-17-7-18(13-34)24(17)31-15(3)36/h4-6,8,10-11,14,17-18,24H,7,12-13H2,1-3H3,(H,28,30)(H,31,36)/t17-,18+,24-. The highest BCUT2D eigenvalue weighted by atomic mass is 32.1. The van der Waals surface area contributed by atoms with Gasteiger partial charge >= 0.3 is 0 Å². The van der Waals surface area contributed by atoms with Crippen LogP contribution in [0, 0.1) is 23.2 Å². The zero-order valence-electron chi connectivity index (χ0n) is 20.8. The fourth-order valence-corrected chi connectivity index (χ4v) is 6.30. The fourth-order valence-electron chi connectivity index (χ4n) is 5.42. The Morgan fingerprint density at radius 1 is 1.19 bits per heavy atom. The minimum atomic E-state index is 0.0447. The topological polar surface area (TPSA) is 124 Å². The van der Waals surface area contributed by atoms with E-state index >= 15 is 0 Å². The summed E-state index contributed by atoms with van der Waals surface area (Å²) in [7, 11) is 0. The molecule has 188 valence electrons. The normalized spacial score (nSPS) is 20.5. The SMILES string of the molecule is CC(=O)N[C@@H]1[C@@H]2C[C@H]1CN(c1nnc(-c3cnc(-c4ccc5cc(C#N)cnn45)cc3NC(C)C)s1)C2. The molecular formula is C26H27N9OS. The first-order valence-electron chi connectivity index (χ1n) is 12.4. The van der Waals surface area contributed by atoms with Gasteiger partial charge in [0.2, 0.25) is 11.0 Å². The summed E-state index contributed by atoms with van der Waals surface area (Å²) in [4.78, 5) is 18.6. The van der Waals surface area contributed by atoms with Gasteiger partial charge < -0.3 is 15.5 Å². The maximum Gasteiger partial charge on any atom is 0.217 e. The van der Waals surface area contributed by atoms with Crippen molar-refractivity contribution in [3.63, 3.8) is 0 Å². The number of nitrogens with zero attached hydrogens (tertiary/aromatic N) is 7. The summed E-state index contributed by atoms with van der Waals surface area (Å²) >= 11 is 1.57. The van der Waals surface area contributed by atoms with Crippen LogP contribution >= 0.6 is 11.3 Å². The van der Waals surface area contributed by atoms with E-state index in [1.165, 1.54) is 0 Å². The number of hydrogen-bond acceptors (Lipinski definition) is 9. The van der Waals surface area contributed by atoms with Crippen molar-refractivity contribution in [1.82, 2.24) is 30.1 Å². The lowest BCUT2D eigenvalue weighted by atomic mass is 9.66. The van der Waals surface area contributed by atoms with Crippen molar-refractivity contribution in [2.45, 2.75) is 39.3 Å². The minimum absolute atomic E-state index is 0.0447. The first kappa shape index (κ1) is 23.4. The number of carbonyl (C=O) groups excluding carboxylic acids is 1. The molecular weight excluding hydrogens is 486 g/mol. The van der Waals surface area contributed by atoms with Crippen LogP contribution in [-0.2, 0) is 4.79 Å². The van der Waals surface area contributed by atoms with E-state index in [9.17, 15) is 10.1 Å². The molecule has 1 amide bonds.